The average Bonchev–Trinajstić information content (AvgIpc) is 3.08. The van der Waals surface area contributed by atoms with Crippen LogP contribution in [0.25, 0.3) is 0 Å². The molecule has 2 fully saturated rings. The Balaban J connectivity index is 1.59. The Morgan fingerprint density at radius 2 is 1.94 bits per heavy atom. The molecule has 2 unspecified atom stereocenters. The van der Waals surface area contributed by atoms with Crippen molar-refractivity contribution >= 4 is 6.03 Å². The summed E-state index contributed by atoms with van der Waals surface area (Å²) in [5.41, 5.74) is 5.00. The molecular weight excluding hydrogens is 202 g/mol. The molecule has 2 rings (SSSR count). The van der Waals surface area contributed by atoms with Gasteiger partial charge in [0.25, 0.3) is 0 Å². The van der Waals surface area contributed by atoms with Crippen LogP contribution in [-0.2, 0) is 0 Å². The number of hydrogen-bond acceptors (Lipinski definition) is 2. The van der Waals surface area contributed by atoms with Crippen LogP contribution in [0.5, 0.6) is 0 Å². The Labute approximate surface area is 97.3 Å². The summed E-state index contributed by atoms with van der Waals surface area (Å²) in [6.45, 7) is 1.48. The van der Waals surface area contributed by atoms with Crippen molar-refractivity contribution in [1.82, 2.24) is 10.6 Å². The molecule has 4 nitrogen and oxygen atoms in total. The first-order valence-electron chi connectivity index (χ1n) is 6.52. The normalized spacial score (nSPS) is 30.0. The number of urea groups is 1. The van der Waals surface area contributed by atoms with Crippen LogP contribution in [0.15, 0.2) is 0 Å². The monoisotopic (exact) mass is 225 g/mol. The Bertz CT molecular complexity index is 240. The molecule has 0 radical (unpaired) electrons. The molecule has 0 aromatic carbocycles. The summed E-state index contributed by atoms with van der Waals surface area (Å²) < 4.78 is 0. The zero-order valence-corrected chi connectivity index (χ0v) is 9.87. The predicted molar refractivity (Wildman–Crippen MR) is 64.1 cm³/mol. The maximum atomic E-state index is 10.5. The van der Waals surface area contributed by atoms with Crippen molar-refractivity contribution in [1.29, 1.82) is 0 Å². The van der Waals surface area contributed by atoms with Crippen LogP contribution in [0.4, 0.5) is 4.79 Å². The Kier molecular flexibility index (Phi) is 4.04. The molecule has 0 spiro atoms. The average molecular weight is 225 g/mol. The molecule has 2 aliphatic rings. The van der Waals surface area contributed by atoms with E-state index in [2.05, 4.69) is 10.6 Å². The SMILES string of the molecule is NC(=O)NCCNC1CCCC(C2CC2)C1. The fourth-order valence-electron chi connectivity index (χ4n) is 2.87. The minimum Gasteiger partial charge on any atom is -0.352 e. The van der Waals surface area contributed by atoms with Crippen molar-refractivity contribution < 1.29 is 4.79 Å². The predicted octanol–water partition coefficient (Wildman–Crippen LogP) is 1.21. The van der Waals surface area contributed by atoms with Crippen LogP contribution in [0.3, 0.4) is 0 Å². The number of amides is 2. The van der Waals surface area contributed by atoms with Crippen LogP contribution in [0.1, 0.15) is 38.5 Å². The molecule has 0 aliphatic heterocycles. The van der Waals surface area contributed by atoms with E-state index in [9.17, 15) is 4.79 Å². The Hall–Kier alpha value is -0.770. The number of nitrogens with two attached hydrogens (primary N) is 1. The van der Waals surface area contributed by atoms with Gasteiger partial charge in [0.15, 0.2) is 0 Å². The third kappa shape index (κ3) is 3.67. The smallest absolute Gasteiger partial charge is 0.312 e. The van der Waals surface area contributed by atoms with E-state index in [1.807, 2.05) is 0 Å². The van der Waals surface area contributed by atoms with Gasteiger partial charge >= 0.3 is 6.03 Å². The highest BCUT2D eigenvalue weighted by atomic mass is 16.2. The molecule has 0 heterocycles. The van der Waals surface area contributed by atoms with Gasteiger partial charge in [-0.05, 0) is 37.5 Å². The lowest BCUT2D eigenvalue weighted by atomic mass is 9.83. The molecule has 0 aromatic heterocycles. The molecular formula is C12H23N3O. The van der Waals surface area contributed by atoms with Gasteiger partial charge < -0.3 is 16.4 Å². The lowest BCUT2D eigenvalue weighted by Crippen LogP contribution is -2.41. The lowest BCUT2D eigenvalue weighted by Gasteiger charge is -2.30. The molecule has 2 atom stereocenters. The fraction of sp³-hybridized carbons (Fsp3) is 0.917. The largest absolute Gasteiger partial charge is 0.352 e. The summed E-state index contributed by atoms with van der Waals surface area (Å²) in [6.07, 6.45) is 8.34. The summed E-state index contributed by atoms with van der Waals surface area (Å²) in [7, 11) is 0. The van der Waals surface area contributed by atoms with Crippen LogP contribution < -0.4 is 16.4 Å². The van der Waals surface area contributed by atoms with Crippen molar-refractivity contribution in [2.45, 2.75) is 44.6 Å². The highest BCUT2D eigenvalue weighted by molar-refractivity contribution is 5.71. The van der Waals surface area contributed by atoms with Crippen molar-refractivity contribution in [3.05, 3.63) is 0 Å². The van der Waals surface area contributed by atoms with Crippen molar-refractivity contribution in [2.24, 2.45) is 17.6 Å². The number of hydrogen-bond donors (Lipinski definition) is 3. The van der Waals surface area contributed by atoms with E-state index < -0.39 is 6.03 Å². The zero-order chi connectivity index (χ0) is 11.4. The van der Waals surface area contributed by atoms with Crippen molar-refractivity contribution in [3.8, 4) is 0 Å². The maximum absolute atomic E-state index is 10.5. The Morgan fingerprint density at radius 3 is 2.62 bits per heavy atom. The van der Waals surface area contributed by atoms with E-state index in [1.54, 1.807) is 0 Å². The zero-order valence-electron chi connectivity index (χ0n) is 9.87. The quantitative estimate of drug-likeness (QED) is 0.616. The second-order valence-electron chi connectivity index (χ2n) is 5.21. The molecule has 0 saturated heterocycles. The van der Waals surface area contributed by atoms with Gasteiger partial charge in [-0.1, -0.05) is 12.8 Å². The molecule has 2 amide bonds. The number of nitrogens with one attached hydrogen (secondary N) is 2. The maximum Gasteiger partial charge on any atom is 0.312 e. The van der Waals surface area contributed by atoms with Gasteiger partial charge in [-0.15, -0.1) is 0 Å². The molecule has 2 aliphatic carbocycles. The molecule has 4 heteroatoms. The first kappa shape index (κ1) is 11.7. The van der Waals surface area contributed by atoms with E-state index >= 15 is 0 Å². The summed E-state index contributed by atoms with van der Waals surface area (Å²) >= 11 is 0. The molecule has 4 N–H and O–H groups in total. The topological polar surface area (TPSA) is 67.2 Å². The number of primary amides is 1. The van der Waals surface area contributed by atoms with Gasteiger partial charge in [0.1, 0.15) is 0 Å². The highest BCUT2D eigenvalue weighted by Gasteiger charge is 2.34. The van der Waals surface area contributed by atoms with E-state index in [0.29, 0.717) is 12.6 Å². The van der Waals surface area contributed by atoms with Crippen molar-refractivity contribution in [2.75, 3.05) is 13.1 Å². The molecule has 16 heavy (non-hydrogen) atoms. The van der Waals surface area contributed by atoms with Gasteiger partial charge in [0.2, 0.25) is 0 Å². The van der Waals surface area contributed by atoms with Crippen LogP contribution >= 0.6 is 0 Å². The molecule has 92 valence electrons. The van der Waals surface area contributed by atoms with Crippen LogP contribution in [0, 0.1) is 11.8 Å². The third-order valence-corrected chi connectivity index (χ3v) is 3.86. The van der Waals surface area contributed by atoms with Gasteiger partial charge in [0.05, 0.1) is 0 Å². The van der Waals surface area contributed by atoms with Gasteiger partial charge in [-0.3, -0.25) is 0 Å². The minimum atomic E-state index is -0.429. The second-order valence-corrected chi connectivity index (χ2v) is 5.21. The molecule has 0 aromatic rings. The van der Waals surface area contributed by atoms with E-state index in [1.165, 1.54) is 38.5 Å². The van der Waals surface area contributed by atoms with Crippen LogP contribution in [-0.4, -0.2) is 25.2 Å². The van der Waals surface area contributed by atoms with Gasteiger partial charge in [-0.25, -0.2) is 4.79 Å². The summed E-state index contributed by atoms with van der Waals surface area (Å²) in [5, 5.41) is 6.13. The lowest BCUT2D eigenvalue weighted by molar-refractivity contribution is 0.246. The first-order chi connectivity index (χ1) is 7.75. The number of carbonyl (C=O) groups excluding carboxylic acids is 1. The van der Waals surface area contributed by atoms with E-state index in [4.69, 9.17) is 5.73 Å². The van der Waals surface area contributed by atoms with Gasteiger partial charge in [0, 0.05) is 19.1 Å². The summed E-state index contributed by atoms with van der Waals surface area (Å²) in [6, 6.07) is 0.232. The van der Waals surface area contributed by atoms with Crippen molar-refractivity contribution in [3.63, 3.8) is 0 Å². The summed E-state index contributed by atoms with van der Waals surface area (Å²) in [5.74, 6) is 2.00. The summed E-state index contributed by atoms with van der Waals surface area (Å²) in [4.78, 5) is 10.5. The number of carbonyl (C=O) groups is 1. The first-order valence-corrected chi connectivity index (χ1v) is 6.52. The molecule has 2 saturated carbocycles. The second kappa shape index (κ2) is 5.53. The Morgan fingerprint density at radius 1 is 1.12 bits per heavy atom. The van der Waals surface area contributed by atoms with E-state index in [-0.39, 0.29) is 0 Å². The minimum absolute atomic E-state index is 0.429. The van der Waals surface area contributed by atoms with Gasteiger partial charge in [-0.2, -0.15) is 0 Å². The fourth-order valence-corrected chi connectivity index (χ4v) is 2.87. The highest BCUT2D eigenvalue weighted by Crippen LogP contribution is 2.43. The molecule has 0 bridgehead atoms. The van der Waals surface area contributed by atoms with Crippen LogP contribution in [0.2, 0.25) is 0 Å². The standard InChI is InChI=1S/C12H23N3O/c13-12(16)15-7-6-14-11-3-1-2-10(8-11)9-4-5-9/h9-11,14H,1-8H2,(H3,13,15,16). The third-order valence-electron chi connectivity index (χ3n) is 3.86. The van der Waals surface area contributed by atoms with E-state index in [0.717, 1.165) is 18.4 Å². The number of rotatable bonds is 5.